The molecule has 3 aromatic rings. The van der Waals surface area contributed by atoms with Gasteiger partial charge in [-0.15, -0.1) is 15.3 Å². The van der Waals surface area contributed by atoms with Gasteiger partial charge in [-0.05, 0) is 16.0 Å². The molecule has 1 amide bonds. The number of rotatable bonds is 6. The Morgan fingerprint density at radius 1 is 1.35 bits per heavy atom. The van der Waals surface area contributed by atoms with E-state index in [2.05, 4.69) is 41.5 Å². The molecule has 23 heavy (non-hydrogen) atoms. The number of carbonyl (C=O) groups excluding carboxylic acids is 1. The van der Waals surface area contributed by atoms with Gasteiger partial charge in [-0.25, -0.2) is 4.68 Å². The minimum absolute atomic E-state index is 0.176. The van der Waals surface area contributed by atoms with Gasteiger partial charge in [0.2, 0.25) is 16.9 Å². The Hall–Kier alpha value is -2.82. The number of hydrogen-bond acceptors (Lipinski definition) is 8. The van der Waals surface area contributed by atoms with Gasteiger partial charge in [0.25, 0.3) is 0 Å². The molecule has 11 heteroatoms. The molecular formula is C12H13N9OS. The van der Waals surface area contributed by atoms with Crippen molar-refractivity contribution in [3.63, 3.8) is 0 Å². The van der Waals surface area contributed by atoms with E-state index in [-0.39, 0.29) is 11.7 Å². The van der Waals surface area contributed by atoms with Crippen LogP contribution in [0, 0.1) is 0 Å². The fourth-order valence-electron chi connectivity index (χ4n) is 1.91. The summed E-state index contributed by atoms with van der Waals surface area (Å²) in [5.41, 5.74) is 0.868. The fourth-order valence-corrected chi connectivity index (χ4v) is 2.57. The summed E-state index contributed by atoms with van der Waals surface area (Å²) in [5.74, 6) is 0.390. The maximum Gasteiger partial charge on any atom is 0.231 e. The van der Waals surface area contributed by atoms with E-state index in [0.717, 1.165) is 5.56 Å². The minimum Gasteiger partial charge on any atom is -0.341 e. The second-order valence-corrected chi connectivity index (χ2v) is 5.50. The topological polar surface area (TPSA) is 127 Å². The lowest BCUT2D eigenvalue weighted by Crippen LogP contribution is -2.31. The third-order valence-electron chi connectivity index (χ3n) is 2.97. The molecule has 0 saturated carbocycles. The van der Waals surface area contributed by atoms with Crippen LogP contribution < -0.4 is 5.32 Å². The van der Waals surface area contributed by atoms with Crippen LogP contribution in [0.2, 0.25) is 0 Å². The number of carbonyl (C=O) groups is 1. The van der Waals surface area contributed by atoms with Gasteiger partial charge in [-0.2, -0.15) is 5.21 Å². The summed E-state index contributed by atoms with van der Waals surface area (Å²) in [5, 5.41) is 28.4. The minimum atomic E-state index is -0.472. The summed E-state index contributed by atoms with van der Waals surface area (Å²) in [6.45, 7) is 0. The molecule has 10 nitrogen and oxygen atoms in total. The number of nitrogens with one attached hydrogen (secondary N) is 2. The number of aryl methyl sites for hydroxylation is 1. The Balaban J connectivity index is 1.69. The van der Waals surface area contributed by atoms with Crippen molar-refractivity contribution < 1.29 is 4.79 Å². The predicted octanol–water partition coefficient (Wildman–Crippen LogP) is -0.279. The molecule has 0 aliphatic rings. The molecular weight excluding hydrogens is 318 g/mol. The summed E-state index contributed by atoms with van der Waals surface area (Å²) in [6, 6.07) is 8.97. The monoisotopic (exact) mass is 331 g/mol. The smallest absolute Gasteiger partial charge is 0.231 e. The first-order valence-corrected chi connectivity index (χ1v) is 7.65. The van der Waals surface area contributed by atoms with E-state index in [1.165, 1.54) is 16.4 Å². The van der Waals surface area contributed by atoms with E-state index in [0.29, 0.717) is 11.0 Å². The first kappa shape index (κ1) is 15.1. The van der Waals surface area contributed by atoms with E-state index in [4.69, 9.17) is 0 Å². The summed E-state index contributed by atoms with van der Waals surface area (Å²) in [4.78, 5) is 12.2. The Labute approximate surface area is 135 Å². The van der Waals surface area contributed by atoms with Crippen LogP contribution in [0.1, 0.15) is 17.4 Å². The molecule has 1 unspecified atom stereocenters. The van der Waals surface area contributed by atoms with Crippen molar-refractivity contribution in [3.8, 4) is 0 Å². The number of amides is 1. The molecule has 118 valence electrons. The first-order valence-electron chi connectivity index (χ1n) is 6.67. The van der Waals surface area contributed by atoms with Gasteiger partial charge in [0.1, 0.15) is 6.04 Å². The first-order chi connectivity index (χ1) is 11.2. The van der Waals surface area contributed by atoms with Gasteiger partial charge in [0, 0.05) is 7.05 Å². The fraction of sp³-hybridized carbons (Fsp3) is 0.250. The summed E-state index contributed by atoms with van der Waals surface area (Å²) < 4.78 is 1.51. The normalized spacial score (nSPS) is 12.0. The summed E-state index contributed by atoms with van der Waals surface area (Å²) in [7, 11) is 1.71. The molecule has 0 bridgehead atoms. The number of thioether (sulfide) groups is 1. The van der Waals surface area contributed by atoms with Crippen LogP contribution in [-0.4, -0.2) is 52.5 Å². The van der Waals surface area contributed by atoms with Crippen LogP contribution in [0.5, 0.6) is 0 Å². The number of H-pyrrole nitrogens is 1. The van der Waals surface area contributed by atoms with Crippen molar-refractivity contribution in [1.29, 1.82) is 0 Å². The molecule has 0 radical (unpaired) electrons. The van der Waals surface area contributed by atoms with Gasteiger partial charge < -0.3 is 5.32 Å². The van der Waals surface area contributed by atoms with E-state index < -0.39 is 6.04 Å². The van der Waals surface area contributed by atoms with Gasteiger partial charge in [0.05, 0.1) is 5.75 Å². The second kappa shape index (κ2) is 6.96. The van der Waals surface area contributed by atoms with Crippen molar-refractivity contribution in [2.75, 3.05) is 5.75 Å². The zero-order valence-electron chi connectivity index (χ0n) is 12.1. The standard InChI is InChI=1S/C12H13N9OS/c1-21-12(16-19-20-21)23-7-9(22)13-10(11-14-17-18-15-11)8-5-3-2-4-6-8/h2-6,10H,7H2,1H3,(H,13,22)(H,14,15,17,18). The number of hydrogen-bond donors (Lipinski definition) is 2. The SMILES string of the molecule is Cn1nnnc1SCC(=O)NC(c1ccccc1)c1nn[nH]n1. The number of benzene rings is 1. The Morgan fingerprint density at radius 2 is 2.17 bits per heavy atom. The zero-order valence-corrected chi connectivity index (χ0v) is 12.9. The van der Waals surface area contributed by atoms with Gasteiger partial charge >= 0.3 is 0 Å². The van der Waals surface area contributed by atoms with Gasteiger partial charge in [-0.1, -0.05) is 47.3 Å². The number of nitrogens with zero attached hydrogens (tertiary/aromatic N) is 7. The third-order valence-corrected chi connectivity index (χ3v) is 3.98. The lowest BCUT2D eigenvalue weighted by molar-refractivity contribution is -0.119. The molecule has 1 aromatic carbocycles. The summed E-state index contributed by atoms with van der Waals surface area (Å²) in [6.07, 6.45) is 0. The van der Waals surface area contributed by atoms with Crippen LogP contribution in [0.3, 0.4) is 0 Å². The van der Waals surface area contributed by atoms with Gasteiger partial charge in [0.15, 0.2) is 0 Å². The highest BCUT2D eigenvalue weighted by Crippen LogP contribution is 2.19. The largest absolute Gasteiger partial charge is 0.341 e. The molecule has 3 rings (SSSR count). The van der Waals surface area contributed by atoms with Crippen molar-refractivity contribution in [2.24, 2.45) is 7.05 Å². The molecule has 1 atom stereocenters. The molecule has 2 N–H and O–H groups in total. The molecule has 0 aliphatic carbocycles. The highest BCUT2D eigenvalue weighted by molar-refractivity contribution is 7.99. The van der Waals surface area contributed by atoms with Crippen LogP contribution in [0.15, 0.2) is 35.5 Å². The average Bonchev–Trinajstić information content (AvgIpc) is 3.23. The Morgan fingerprint density at radius 3 is 2.83 bits per heavy atom. The summed E-state index contributed by atoms with van der Waals surface area (Å²) >= 11 is 1.25. The Bertz CT molecular complexity index is 758. The molecule has 2 heterocycles. The van der Waals surface area contributed by atoms with Crippen LogP contribution >= 0.6 is 11.8 Å². The molecule has 0 spiro atoms. The quantitative estimate of drug-likeness (QED) is 0.590. The van der Waals surface area contributed by atoms with Crippen LogP contribution in [0.25, 0.3) is 0 Å². The van der Waals surface area contributed by atoms with E-state index in [9.17, 15) is 4.79 Å². The van der Waals surface area contributed by atoms with Crippen molar-refractivity contribution >= 4 is 17.7 Å². The van der Waals surface area contributed by atoms with Crippen molar-refractivity contribution in [1.82, 2.24) is 46.1 Å². The maximum atomic E-state index is 12.2. The van der Waals surface area contributed by atoms with E-state index >= 15 is 0 Å². The number of aromatic amines is 1. The van der Waals surface area contributed by atoms with Gasteiger partial charge in [-0.3, -0.25) is 4.79 Å². The van der Waals surface area contributed by atoms with Crippen molar-refractivity contribution in [3.05, 3.63) is 41.7 Å². The van der Waals surface area contributed by atoms with Crippen molar-refractivity contribution in [2.45, 2.75) is 11.2 Å². The Kier molecular flexibility index (Phi) is 4.57. The number of aromatic nitrogens is 8. The zero-order chi connectivity index (χ0) is 16.1. The lowest BCUT2D eigenvalue weighted by atomic mass is 10.1. The third kappa shape index (κ3) is 3.69. The van der Waals surface area contributed by atoms with E-state index in [1.807, 2.05) is 30.3 Å². The predicted molar refractivity (Wildman–Crippen MR) is 80.1 cm³/mol. The lowest BCUT2D eigenvalue weighted by Gasteiger charge is -2.15. The molecule has 0 saturated heterocycles. The second-order valence-electron chi connectivity index (χ2n) is 4.55. The number of tetrazole rings is 2. The molecule has 2 aromatic heterocycles. The highest BCUT2D eigenvalue weighted by atomic mass is 32.2. The van der Waals surface area contributed by atoms with Crippen LogP contribution in [-0.2, 0) is 11.8 Å². The highest BCUT2D eigenvalue weighted by Gasteiger charge is 2.21. The molecule has 0 aliphatic heterocycles. The van der Waals surface area contributed by atoms with E-state index in [1.54, 1.807) is 7.05 Å². The maximum absolute atomic E-state index is 12.2. The molecule has 0 fully saturated rings. The van der Waals surface area contributed by atoms with Crippen LogP contribution in [0.4, 0.5) is 0 Å². The average molecular weight is 331 g/mol.